The summed E-state index contributed by atoms with van der Waals surface area (Å²) in [5, 5.41) is 12.9. The van der Waals surface area contributed by atoms with Gasteiger partial charge in [0.1, 0.15) is 0 Å². The second kappa shape index (κ2) is 8.08. The lowest BCUT2D eigenvalue weighted by Gasteiger charge is -2.29. The van der Waals surface area contributed by atoms with Crippen LogP contribution >= 0.6 is 11.6 Å². The number of aliphatic hydroxyl groups excluding tert-OH is 1. The summed E-state index contributed by atoms with van der Waals surface area (Å²) in [6.07, 6.45) is 4.87. The first-order chi connectivity index (χ1) is 9.55. The molecule has 0 saturated carbocycles. The topological polar surface area (TPSA) is 49.3 Å². The van der Waals surface area contributed by atoms with Crippen molar-refractivity contribution in [1.82, 2.24) is 5.32 Å². The Balaban J connectivity index is 2.55. The van der Waals surface area contributed by atoms with Crippen molar-refractivity contribution in [2.75, 3.05) is 13.2 Å². The lowest BCUT2D eigenvalue weighted by Crippen LogP contribution is -2.38. The molecule has 3 nitrogen and oxygen atoms in total. The minimum absolute atomic E-state index is 0.0816. The maximum absolute atomic E-state index is 11.8. The first kappa shape index (κ1) is 16.7. The normalized spacial score (nSPS) is 11.8. The van der Waals surface area contributed by atoms with Crippen molar-refractivity contribution < 1.29 is 9.90 Å². The number of benzene rings is 1. The lowest BCUT2D eigenvalue weighted by atomic mass is 9.83. The van der Waals surface area contributed by atoms with Crippen LogP contribution in [-0.4, -0.2) is 24.2 Å². The molecule has 0 unspecified atom stereocenters. The summed E-state index contributed by atoms with van der Waals surface area (Å²) in [5.41, 5.74) is 0.659. The molecule has 20 heavy (non-hydrogen) atoms. The van der Waals surface area contributed by atoms with Crippen LogP contribution in [0.2, 0.25) is 5.02 Å². The first-order valence-electron chi connectivity index (χ1n) is 6.87. The lowest BCUT2D eigenvalue weighted by molar-refractivity contribution is -0.117. The van der Waals surface area contributed by atoms with Gasteiger partial charge in [0.15, 0.2) is 0 Å². The minimum atomic E-state index is -0.223. The number of rotatable bonds is 7. The molecule has 110 valence electrons. The number of aliphatic hydroxyl groups is 1. The molecule has 1 aromatic rings. The van der Waals surface area contributed by atoms with Crippen LogP contribution in [0, 0.1) is 5.41 Å². The highest BCUT2D eigenvalue weighted by atomic mass is 35.5. The molecule has 4 heteroatoms. The molecule has 2 N–H and O–H groups in total. The summed E-state index contributed by atoms with van der Waals surface area (Å²) in [4.78, 5) is 11.8. The third kappa shape index (κ3) is 4.99. The van der Waals surface area contributed by atoms with Crippen molar-refractivity contribution in [1.29, 1.82) is 0 Å². The second-order valence-corrected chi connectivity index (χ2v) is 5.41. The molecule has 0 heterocycles. The van der Waals surface area contributed by atoms with E-state index < -0.39 is 0 Å². The molecule has 1 rings (SSSR count). The van der Waals surface area contributed by atoms with Crippen molar-refractivity contribution in [3.8, 4) is 0 Å². The zero-order valence-corrected chi connectivity index (χ0v) is 12.8. The predicted molar refractivity (Wildman–Crippen MR) is 83.6 cm³/mol. The molecule has 0 radical (unpaired) electrons. The summed E-state index contributed by atoms with van der Waals surface area (Å²) < 4.78 is 0. The van der Waals surface area contributed by atoms with E-state index >= 15 is 0 Å². The standard InChI is InChI=1S/C16H22ClNO2/c1-3-16(4-2,12-19)11-18-15(20)9-8-13-6-5-7-14(17)10-13/h5-10,19H,3-4,11-12H2,1-2H3,(H,18,20)/b9-8+. The molecule has 1 amide bonds. The van der Waals surface area contributed by atoms with E-state index in [4.69, 9.17) is 11.6 Å². The molecular formula is C16H22ClNO2. The van der Waals surface area contributed by atoms with Gasteiger partial charge < -0.3 is 10.4 Å². The third-order valence-electron chi connectivity index (χ3n) is 3.75. The Morgan fingerprint density at radius 3 is 2.65 bits per heavy atom. The summed E-state index contributed by atoms with van der Waals surface area (Å²) >= 11 is 5.88. The maximum atomic E-state index is 11.8. The fourth-order valence-corrected chi connectivity index (χ4v) is 2.09. The Bertz CT molecular complexity index is 459. The van der Waals surface area contributed by atoms with Crippen LogP contribution in [0.4, 0.5) is 0 Å². The SMILES string of the molecule is CCC(CC)(CO)CNC(=O)/C=C/c1cccc(Cl)c1. The Kier molecular flexibility index (Phi) is 6.76. The fraction of sp³-hybridized carbons (Fsp3) is 0.438. The predicted octanol–water partition coefficient (Wildman–Crippen LogP) is 3.27. The Hall–Kier alpha value is -1.32. The Labute approximate surface area is 125 Å². The van der Waals surface area contributed by atoms with Crippen molar-refractivity contribution in [3.63, 3.8) is 0 Å². The summed E-state index contributed by atoms with van der Waals surface area (Å²) in [6.45, 7) is 4.61. The second-order valence-electron chi connectivity index (χ2n) is 4.97. The van der Waals surface area contributed by atoms with Crippen LogP contribution in [0.3, 0.4) is 0 Å². The summed E-state index contributed by atoms with van der Waals surface area (Å²) in [6, 6.07) is 7.30. The van der Waals surface area contributed by atoms with Gasteiger partial charge in [0.25, 0.3) is 0 Å². The first-order valence-corrected chi connectivity index (χ1v) is 7.25. The number of hydrogen-bond acceptors (Lipinski definition) is 2. The van der Waals surface area contributed by atoms with Gasteiger partial charge in [0.05, 0.1) is 6.61 Å². The number of hydrogen-bond donors (Lipinski definition) is 2. The molecule has 0 aliphatic heterocycles. The van der Waals surface area contributed by atoms with Gasteiger partial charge in [-0.2, -0.15) is 0 Å². The monoisotopic (exact) mass is 295 g/mol. The number of halogens is 1. The van der Waals surface area contributed by atoms with E-state index in [1.807, 2.05) is 26.0 Å². The van der Waals surface area contributed by atoms with Crippen LogP contribution in [0.15, 0.2) is 30.3 Å². The molecule has 1 aromatic carbocycles. The Morgan fingerprint density at radius 2 is 2.10 bits per heavy atom. The average Bonchev–Trinajstić information content (AvgIpc) is 2.47. The zero-order valence-electron chi connectivity index (χ0n) is 12.0. The van der Waals surface area contributed by atoms with Crippen LogP contribution in [-0.2, 0) is 4.79 Å². The van der Waals surface area contributed by atoms with Crippen LogP contribution in [0.1, 0.15) is 32.3 Å². The molecule has 0 spiro atoms. The van der Waals surface area contributed by atoms with Crippen LogP contribution in [0.25, 0.3) is 6.08 Å². The van der Waals surface area contributed by atoms with Crippen molar-refractivity contribution in [2.24, 2.45) is 5.41 Å². The highest BCUT2D eigenvalue weighted by Crippen LogP contribution is 2.24. The molecule has 0 aliphatic rings. The zero-order chi connectivity index (χ0) is 15.0. The van der Waals surface area contributed by atoms with E-state index in [0.717, 1.165) is 18.4 Å². The van der Waals surface area contributed by atoms with Gasteiger partial charge >= 0.3 is 0 Å². The highest BCUT2D eigenvalue weighted by Gasteiger charge is 2.25. The molecule has 0 aliphatic carbocycles. The Morgan fingerprint density at radius 1 is 1.40 bits per heavy atom. The third-order valence-corrected chi connectivity index (χ3v) is 3.98. The van der Waals surface area contributed by atoms with Gasteiger partial charge in [0.2, 0.25) is 5.91 Å². The van der Waals surface area contributed by atoms with Crippen LogP contribution in [0.5, 0.6) is 0 Å². The van der Waals surface area contributed by atoms with Gasteiger partial charge in [-0.15, -0.1) is 0 Å². The smallest absolute Gasteiger partial charge is 0.244 e. The molecule has 0 aromatic heterocycles. The average molecular weight is 296 g/mol. The largest absolute Gasteiger partial charge is 0.396 e. The van der Waals surface area contributed by atoms with Gasteiger partial charge in [-0.3, -0.25) is 4.79 Å². The van der Waals surface area contributed by atoms with Crippen molar-refractivity contribution in [2.45, 2.75) is 26.7 Å². The molecule has 0 atom stereocenters. The summed E-state index contributed by atoms with van der Waals surface area (Å²) in [7, 11) is 0. The number of carbonyl (C=O) groups is 1. The number of carbonyl (C=O) groups excluding carboxylic acids is 1. The van der Waals surface area contributed by atoms with E-state index in [9.17, 15) is 9.90 Å². The van der Waals surface area contributed by atoms with E-state index in [0.29, 0.717) is 11.6 Å². The van der Waals surface area contributed by atoms with E-state index in [1.54, 1.807) is 18.2 Å². The minimum Gasteiger partial charge on any atom is -0.396 e. The maximum Gasteiger partial charge on any atom is 0.244 e. The van der Waals surface area contributed by atoms with Gasteiger partial charge in [-0.05, 0) is 36.6 Å². The highest BCUT2D eigenvalue weighted by molar-refractivity contribution is 6.30. The molecule has 0 fully saturated rings. The molecular weight excluding hydrogens is 274 g/mol. The fourth-order valence-electron chi connectivity index (χ4n) is 1.90. The van der Waals surface area contributed by atoms with Gasteiger partial charge in [-0.25, -0.2) is 0 Å². The quantitative estimate of drug-likeness (QED) is 0.759. The summed E-state index contributed by atoms with van der Waals surface area (Å²) in [5.74, 6) is -0.162. The number of amides is 1. The van der Waals surface area contributed by atoms with E-state index in [2.05, 4.69) is 5.32 Å². The van der Waals surface area contributed by atoms with Gasteiger partial charge in [0, 0.05) is 23.1 Å². The van der Waals surface area contributed by atoms with Gasteiger partial charge in [-0.1, -0.05) is 37.6 Å². The molecule has 0 saturated heterocycles. The van der Waals surface area contributed by atoms with Crippen molar-refractivity contribution in [3.05, 3.63) is 40.9 Å². The van der Waals surface area contributed by atoms with E-state index in [1.165, 1.54) is 6.08 Å². The van der Waals surface area contributed by atoms with Crippen LogP contribution < -0.4 is 5.32 Å². The van der Waals surface area contributed by atoms with E-state index in [-0.39, 0.29) is 17.9 Å². The number of nitrogens with one attached hydrogen (secondary N) is 1. The molecule has 0 bridgehead atoms. The van der Waals surface area contributed by atoms with Crippen molar-refractivity contribution >= 4 is 23.6 Å².